The summed E-state index contributed by atoms with van der Waals surface area (Å²) in [6, 6.07) is 12.2. The first kappa shape index (κ1) is 31.2. The number of unbranched alkanes of at least 4 members (excludes halogenated alkanes) is 2. The van der Waals surface area contributed by atoms with E-state index < -0.39 is 17.7 Å². The van der Waals surface area contributed by atoms with Crippen LogP contribution >= 0.6 is 0 Å². The highest BCUT2D eigenvalue weighted by Gasteiger charge is 2.46. The van der Waals surface area contributed by atoms with Gasteiger partial charge in [0.25, 0.3) is 11.7 Å². The SMILES string of the molecule is CCCCCOc1ccc(C2/C(=C(\O)c3ccc(OCC(C)C)c(C)c3)C(=O)C(=O)N2CCN(CC)CC)cc1. The Bertz CT molecular complexity index is 1170. The second-order valence-corrected chi connectivity index (χ2v) is 10.8. The minimum atomic E-state index is -0.693. The zero-order valence-electron chi connectivity index (χ0n) is 25.0. The number of Topliss-reactive ketones (excluding diaryl/α,β-unsaturated/α-hetero) is 1. The van der Waals surface area contributed by atoms with Crippen molar-refractivity contribution in [2.24, 2.45) is 5.92 Å². The van der Waals surface area contributed by atoms with E-state index in [2.05, 4.69) is 39.5 Å². The van der Waals surface area contributed by atoms with Crippen molar-refractivity contribution in [1.29, 1.82) is 0 Å². The van der Waals surface area contributed by atoms with Crippen molar-refractivity contribution < 1.29 is 24.2 Å². The van der Waals surface area contributed by atoms with Crippen LogP contribution in [0.5, 0.6) is 11.5 Å². The topological polar surface area (TPSA) is 79.3 Å². The van der Waals surface area contributed by atoms with Gasteiger partial charge in [0.2, 0.25) is 0 Å². The highest BCUT2D eigenvalue weighted by atomic mass is 16.5. The van der Waals surface area contributed by atoms with E-state index in [9.17, 15) is 14.7 Å². The van der Waals surface area contributed by atoms with Crippen LogP contribution in [0.4, 0.5) is 0 Å². The average molecular weight is 551 g/mol. The van der Waals surface area contributed by atoms with E-state index in [1.807, 2.05) is 37.3 Å². The first-order valence-corrected chi connectivity index (χ1v) is 14.7. The van der Waals surface area contributed by atoms with E-state index in [-0.39, 0.29) is 11.3 Å². The van der Waals surface area contributed by atoms with Crippen LogP contribution in [0.3, 0.4) is 0 Å². The van der Waals surface area contributed by atoms with Gasteiger partial charge in [-0.25, -0.2) is 0 Å². The van der Waals surface area contributed by atoms with E-state index in [0.29, 0.717) is 37.8 Å². The third kappa shape index (κ3) is 7.66. The lowest BCUT2D eigenvalue weighted by Gasteiger charge is -2.28. The number of amides is 1. The van der Waals surface area contributed by atoms with E-state index >= 15 is 0 Å². The lowest BCUT2D eigenvalue weighted by atomic mass is 9.94. The molecule has 1 atom stereocenters. The number of ether oxygens (including phenoxy) is 2. The number of likely N-dealkylation sites (tertiary alicyclic amines) is 1. The Balaban J connectivity index is 1.99. The predicted octanol–water partition coefficient (Wildman–Crippen LogP) is 6.36. The van der Waals surface area contributed by atoms with Gasteiger partial charge in [0.15, 0.2) is 0 Å². The average Bonchev–Trinajstić information content (AvgIpc) is 3.20. The molecule has 1 saturated heterocycles. The van der Waals surface area contributed by atoms with Gasteiger partial charge in [0, 0.05) is 18.7 Å². The molecule has 0 spiro atoms. The first-order chi connectivity index (χ1) is 19.2. The monoisotopic (exact) mass is 550 g/mol. The van der Waals surface area contributed by atoms with Crippen molar-refractivity contribution in [2.75, 3.05) is 39.4 Å². The Morgan fingerprint density at radius 2 is 1.70 bits per heavy atom. The van der Waals surface area contributed by atoms with Crippen molar-refractivity contribution in [1.82, 2.24) is 9.80 Å². The molecule has 1 N–H and O–H groups in total. The number of aryl methyl sites for hydroxylation is 1. The van der Waals surface area contributed by atoms with Crippen LogP contribution in [0.1, 0.15) is 76.6 Å². The van der Waals surface area contributed by atoms with Crippen LogP contribution in [-0.2, 0) is 9.59 Å². The van der Waals surface area contributed by atoms with Gasteiger partial charge in [-0.3, -0.25) is 9.59 Å². The maximum atomic E-state index is 13.4. The Morgan fingerprint density at radius 1 is 1.00 bits per heavy atom. The zero-order valence-corrected chi connectivity index (χ0v) is 25.0. The number of hydrogen-bond acceptors (Lipinski definition) is 6. The summed E-state index contributed by atoms with van der Waals surface area (Å²) < 4.78 is 11.8. The standard InChI is InChI=1S/C33H46N2O5/c1-7-10-11-20-39-27-15-12-25(13-16-27)30-29(32(37)33(38)35(30)19-18-34(8-2)9-3)31(36)26-14-17-28(24(6)21-26)40-22-23(4)5/h12-17,21,23,30,36H,7-11,18-20,22H2,1-6H3/b31-29+. The van der Waals surface area contributed by atoms with Crippen LogP contribution in [0.2, 0.25) is 0 Å². The van der Waals surface area contributed by atoms with Crippen LogP contribution in [0, 0.1) is 12.8 Å². The van der Waals surface area contributed by atoms with E-state index in [1.54, 1.807) is 17.0 Å². The van der Waals surface area contributed by atoms with Gasteiger partial charge in [-0.05, 0) is 73.8 Å². The Morgan fingerprint density at radius 3 is 2.30 bits per heavy atom. The highest BCUT2D eigenvalue weighted by molar-refractivity contribution is 6.46. The van der Waals surface area contributed by atoms with E-state index in [4.69, 9.17) is 9.47 Å². The number of ketones is 1. The molecular formula is C33H46N2O5. The molecule has 2 aromatic rings. The van der Waals surface area contributed by atoms with Crippen LogP contribution < -0.4 is 9.47 Å². The fraction of sp³-hybridized carbons (Fsp3) is 0.515. The summed E-state index contributed by atoms with van der Waals surface area (Å²) in [7, 11) is 0. The number of rotatable bonds is 15. The molecule has 1 unspecified atom stereocenters. The third-order valence-corrected chi connectivity index (χ3v) is 7.32. The molecule has 0 aliphatic carbocycles. The lowest BCUT2D eigenvalue weighted by Crippen LogP contribution is -2.38. The predicted molar refractivity (Wildman–Crippen MR) is 160 cm³/mol. The summed E-state index contributed by atoms with van der Waals surface area (Å²) in [6.45, 7) is 16.3. The summed E-state index contributed by atoms with van der Waals surface area (Å²) in [4.78, 5) is 30.6. The first-order valence-electron chi connectivity index (χ1n) is 14.7. The molecule has 2 aromatic carbocycles. The molecule has 218 valence electrons. The molecular weight excluding hydrogens is 504 g/mol. The molecule has 7 nitrogen and oxygen atoms in total. The van der Waals surface area contributed by atoms with Crippen LogP contribution in [0.15, 0.2) is 48.0 Å². The second-order valence-electron chi connectivity index (χ2n) is 10.8. The Labute approximate surface area is 239 Å². The third-order valence-electron chi connectivity index (χ3n) is 7.32. The number of nitrogens with zero attached hydrogens (tertiary/aromatic N) is 2. The van der Waals surface area contributed by atoms with Gasteiger partial charge in [0.1, 0.15) is 17.3 Å². The zero-order chi connectivity index (χ0) is 29.2. The fourth-order valence-electron chi connectivity index (χ4n) is 4.91. The second kappa shape index (κ2) is 14.9. The summed E-state index contributed by atoms with van der Waals surface area (Å²) in [6.07, 6.45) is 3.23. The van der Waals surface area contributed by atoms with Crippen LogP contribution in [0.25, 0.3) is 5.76 Å². The van der Waals surface area contributed by atoms with Gasteiger partial charge in [-0.2, -0.15) is 0 Å². The van der Waals surface area contributed by atoms with Gasteiger partial charge in [-0.1, -0.05) is 59.6 Å². The molecule has 1 aliphatic rings. The fourth-order valence-corrected chi connectivity index (χ4v) is 4.91. The lowest BCUT2D eigenvalue weighted by molar-refractivity contribution is -0.140. The maximum absolute atomic E-state index is 13.4. The number of aliphatic hydroxyl groups is 1. The number of carbonyl (C=O) groups excluding carboxylic acids is 2. The minimum absolute atomic E-state index is 0.108. The maximum Gasteiger partial charge on any atom is 0.295 e. The molecule has 7 heteroatoms. The highest BCUT2D eigenvalue weighted by Crippen LogP contribution is 2.40. The normalized spacial score (nSPS) is 16.8. The minimum Gasteiger partial charge on any atom is -0.507 e. The summed E-state index contributed by atoms with van der Waals surface area (Å²) >= 11 is 0. The molecule has 0 bridgehead atoms. The Hall–Kier alpha value is -3.32. The van der Waals surface area contributed by atoms with Gasteiger partial charge >= 0.3 is 0 Å². The van der Waals surface area contributed by atoms with Gasteiger partial charge in [-0.15, -0.1) is 0 Å². The van der Waals surface area contributed by atoms with Crippen LogP contribution in [-0.4, -0.2) is 66.0 Å². The van der Waals surface area contributed by atoms with Crippen molar-refractivity contribution >= 4 is 17.4 Å². The number of hydrogen-bond donors (Lipinski definition) is 1. The summed E-state index contributed by atoms with van der Waals surface area (Å²) in [5.74, 6) is 0.426. The van der Waals surface area contributed by atoms with Crippen molar-refractivity contribution in [2.45, 2.75) is 66.8 Å². The molecule has 0 aromatic heterocycles. The molecule has 3 rings (SSSR count). The largest absolute Gasteiger partial charge is 0.507 e. The van der Waals surface area contributed by atoms with E-state index in [1.165, 1.54) is 0 Å². The molecule has 40 heavy (non-hydrogen) atoms. The molecule has 0 radical (unpaired) electrons. The number of carbonyl (C=O) groups is 2. The smallest absolute Gasteiger partial charge is 0.295 e. The van der Waals surface area contributed by atoms with Crippen molar-refractivity contribution in [3.05, 3.63) is 64.7 Å². The molecule has 1 heterocycles. The number of likely N-dealkylation sites (N-methyl/N-ethyl adjacent to an activating group) is 1. The number of benzene rings is 2. The quantitative estimate of drug-likeness (QED) is 0.120. The molecule has 1 fully saturated rings. The Kier molecular flexibility index (Phi) is 11.6. The summed E-state index contributed by atoms with van der Waals surface area (Å²) in [5.41, 5.74) is 2.20. The van der Waals surface area contributed by atoms with Gasteiger partial charge < -0.3 is 24.4 Å². The summed E-state index contributed by atoms with van der Waals surface area (Å²) in [5, 5.41) is 11.5. The molecule has 0 saturated carbocycles. The van der Waals surface area contributed by atoms with Crippen molar-refractivity contribution in [3.63, 3.8) is 0 Å². The van der Waals surface area contributed by atoms with Gasteiger partial charge in [0.05, 0.1) is 24.8 Å². The molecule has 1 amide bonds. The van der Waals surface area contributed by atoms with E-state index in [0.717, 1.165) is 55.0 Å². The molecule has 1 aliphatic heterocycles. The number of aliphatic hydroxyl groups excluding tert-OH is 1. The van der Waals surface area contributed by atoms with Crippen molar-refractivity contribution in [3.8, 4) is 11.5 Å².